The number of fused-ring (bicyclic) bond motifs is 2. The molecule has 2 fully saturated rings. The Morgan fingerprint density at radius 1 is 1.37 bits per heavy atom. The van der Waals surface area contributed by atoms with E-state index in [0.29, 0.717) is 16.3 Å². The molecule has 2 aliphatic carbocycles. The lowest BCUT2D eigenvalue weighted by atomic mass is 9.84. The number of anilines is 1. The highest BCUT2D eigenvalue weighted by molar-refractivity contribution is 9.10. The van der Waals surface area contributed by atoms with Crippen molar-refractivity contribution in [1.82, 2.24) is 0 Å². The summed E-state index contributed by atoms with van der Waals surface area (Å²) in [4.78, 5) is 12.3. The first-order chi connectivity index (χ1) is 9.06. The number of amides is 1. The van der Waals surface area contributed by atoms with Gasteiger partial charge in [-0.3, -0.25) is 4.79 Å². The van der Waals surface area contributed by atoms with Crippen molar-refractivity contribution in [2.75, 3.05) is 5.32 Å². The predicted molar refractivity (Wildman–Crippen MR) is 75.0 cm³/mol. The minimum atomic E-state index is -0.431. The van der Waals surface area contributed by atoms with Crippen LogP contribution in [0.25, 0.3) is 0 Å². The molecule has 4 unspecified atom stereocenters. The molecule has 19 heavy (non-hydrogen) atoms. The standard InChI is InChI=1S/C14H16BrFN2O/c15-9-3-4-11(10(16)6-9)18-14(19)12-7-1-2-8(5-7)13(12)17/h3-4,6-8,12-13H,1-2,5,17H2,(H,18,19). The average molecular weight is 327 g/mol. The third-order valence-corrected chi connectivity index (χ3v) is 4.97. The van der Waals surface area contributed by atoms with E-state index in [-0.39, 0.29) is 23.6 Å². The van der Waals surface area contributed by atoms with Crippen molar-refractivity contribution in [1.29, 1.82) is 0 Å². The lowest BCUT2D eigenvalue weighted by Crippen LogP contribution is -2.42. The van der Waals surface area contributed by atoms with E-state index in [4.69, 9.17) is 5.73 Å². The Morgan fingerprint density at radius 3 is 2.74 bits per heavy atom. The molecule has 1 aromatic rings. The molecule has 4 atom stereocenters. The van der Waals surface area contributed by atoms with Crippen molar-refractivity contribution >= 4 is 27.5 Å². The fourth-order valence-corrected chi connectivity index (χ4v) is 3.86. The van der Waals surface area contributed by atoms with E-state index < -0.39 is 5.82 Å². The molecule has 3 nitrogen and oxygen atoms in total. The van der Waals surface area contributed by atoms with Gasteiger partial charge in [-0.05, 0) is 49.3 Å². The Hall–Kier alpha value is -0.940. The van der Waals surface area contributed by atoms with E-state index in [0.717, 1.165) is 19.3 Å². The number of benzene rings is 1. The van der Waals surface area contributed by atoms with E-state index >= 15 is 0 Å². The van der Waals surface area contributed by atoms with Crippen LogP contribution in [0.4, 0.5) is 10.1 Å². The molecule has 3 N–H and O–H groups in total. The van der Waals surface area contributed by atoms with E-state index in [1.165, 1.54) is 6.07 Å². The minimum absolute atomic E-state index is 0.0720. The van der Waals surface area contributed by atoms with Gasteiger partial charge in [0, 0.05) is 10.5 Å². The quantitative estimate of drug-likeness (QED) is 0.878. The third-order valence-electron chi connectivity index (χ3n) is 4.47. The van der Waals surface area contributed by atoms with Gasteiger partial charge in [-0.2, -0.15) is 0 Å². The van der Waals surface area contributed by atoms with Crippen LogP contribution in [-0.4, -0.2) is 11.9 Å². The number of carbonyl (C=O) groups is 1. The van der Waals surface area contributed by atoms with Crippen LogP contribution in [0, 0.1) is 23.6 Å². The number of carbonyl (C=O) groups excluding carboxylic acids is 1. The Balaban J connectivity index is 1.75. The van der Waals surface area contributed by atoms with Gasteiger partial charge >= 0.3 is 0 Å². The largest absolute Gasteiger partial charge is 0.327 e. The molecule has 2 bridgehead atoms. The van der Waals surface area contributed by atoms with Crippen LogP contribution in [0.2, 0.25) is 0 Å². The van der Waals surface area contributed by atoms with E-state index in [1.807, 2.05) is 0 Å². The van der Waals surface area contributed by atoms with Gasteiger partial charge in [0.1, 0.15) is 5.82 Å². The summed E-state index contributed by atoms with van der Waals surface area (Å²) >= 11 is 3.19. The van der Waals surface area contributed by atoms with Crippen LogP contribution in [0.5, 0.6) is 0 Å². The van der Waals surface area contributed by atoms with Crippen molar-refractivity contribution in [2.24, 2.45) is 23.5 Å². The molecule has 0 aliphatic heterocycles. The first kappa shape index (κ1) is 13.1. The van der Waals surface area contributed by atoms with Gasteiger partial charge in [0.15, 0.2) is 0 Å². The van der Waals surface area contributed by atoms with Gasteiger partial charge < -0.3 is 11.1 Å². The van der Waals surface area contributed by atoms with Crippen LogP contribution < -0.4 is 11.1 Å². The molecule has 5 heteroatoms. The summed E-state index contributed by atoms with van der Waals surface area (Å²) in [6.45, 7) is 0. The molecule has 3 rings (SSSR count). The number of rotatable bonds is 2. The average Bonchev–Trinajstić information content (AvgIpc) is 2.93. The maximum atomic E-state index is 13.7. The summed E-state index contributed by atoms with van der Waals surface area (Å²) in [6.07, 6.45) is 3.24. The van der Waals surface area contributed by atoms with Gasteiger partial charge in [0.25, 0.3) is 0 Å². The first-order valence-electron chi connectivity index (χ1n) is 6.58. The molecule has 0 aromatic heterocycles. The Kier molecular flexibility index (Phi) is 3.35. The monoisotopic (exact) mass is 326 g/mol. The van der Waals surface area contributed by atoms with Crippen LogP contribution in [-0.2, 0) is 4.79 Å². The van der Waals surface area contributed by atoms with Gasteiger partial charge in [0.05, 0.1) is 11.6 Å². The molecule has 1 aromatic carbocycles. The number of hydrogen-bond acceptors (Lipinski definition) is 2. The maximum absolute atomic E-state index is 13.7. The fraction of sp³-hybridized carbons (Fsp3) is 0.500. The van der Waals surface area contributed by atoms with Crippen molar-refractivity contribution in [3.05, 3.63) is 28.5 Å². The first-order valence-corrected chi connectivity index (χ1v) is 7.37. The van der Waals surface area contributed by atoms with Crippen molar-refractivity contribution in [2.45, 2.75) is 25.3 Å². The molecule has 102 valence electrons. The molecular formula is C14H16BrFN2O. The molecule has 0 spiro atoms. The number of hydrogen-bond donors (Lipinski definition) is 2. The van der Waals surface area contributed by atoms with Crippen molar-refractivity contribution in [3.63, 3.8) is 0 Å². The molecule has 2 aliphatic rings. The lowest BCUT2D eigenvalue weighted by Gasteiger charge is -2.27. The third kappa shape index (κ3) is 2.30. The summed E-state index contributed by atoms with van der Waals surface area (Å²) < 4.78 is 14.4. The second-order valence-electron chi connectivity index (χ2n) is 5.55. The number of nitrogens with one attached hydrogen (secondary N) is 1. The maximum Gasteiger partial charge on any atom is 0.229 e. The van der Waals surface area contributed by atoms with Gasteiger partial charge in [-0.1, -0.05) is 15.9 Å². The predicted octanol–water partition coefficient (Wildman–Crippen LogP) is 2.90. The highest BCUT2D eigenvalue weighted by Crippen LogP contribution is 2.47. The molecule has 0 radical (unpaired) electrons. The van der Waals surface area contributed by atoms with Crippen LogP contribution >= 0.6 is 15.9 Å². The van der Waals surface area contributed by atoms with Gasteiger partial charge in [-0.25, -0.2) is 4.39 Å². The minimum Gasteiger partial charge on any atom is -0.327 e. The number of nitrogens with two attached hydrogens (primary N) is 1. The Labute approximate surface area is 119 Å². The zero-order valence-electron chi connectivity index (χ0n) is 10.4. The summed E-state index contributed by atoms with van der Waals surface area (Å²) in [7, 11) is 0. The van der Waals surface area contributed by atoms with Crippen molar-refractivity contribution < 1.29 is 9.18 Å². The number of halogens is 2. The van der Waals surface area contributed by atoms with Gasteiger partial charge in [-0.15, -0.1) is 0 Å². The zero-order valence-corrected chi connectivity index (χ0v) is 12.0. The van der Waals surface area contributed by atoms with E-state index in [9.17, 15) is 9.18 Å². The summed E-state index contributed by atoms with van der Waals surface area (Å²) in [5, 5.41) is 2.68. The van der Waals surface area contributed by atoms with Crippen LogP contribution in [0.15, 0.2) is 22.7 Å². The normalized spacial score (nSPS) is 32.6. The topological polar surface area (TPSA) is 55.1 Å². The molecular weight excluding hydrogens is 311 g/mol. The van der Waals surface area contributed by atoms with Crippen LogP contribution in [0.1, 0.15) is 19.3 Å². The summed E-state index contributed by atoms with van der Waals surface area (Å²) in [6, 6.07) is 4.54. The van der Waals surface area contributed by atoms with E-state index in [1.54, 1.807) is 12.1 Å². The van der Waals surface area contributed by atoms with E-state index in [2.05, 4.69) is 21.2 Å². The van der Waals surface area contributed by atoms with Crippen LogP contribution in [0.3, 0.4) is 0 Å². The highest BCUT2D eigenvalue weighted by Gasteiger charge is 2.49. The van der Waals surface area contributed by atoms with Gasteiger partial charge in [0.2, 0.25) is 5.91 Å². The highest BCUT2D eigenvalue weighted by atomic mass is 79.9. The summed E-state index contributed by atoms with van der Waals surface area (Å²) in [5.74, 6) is 0.108. The fourth-order valence-electron chi connectivity index (χ4n) is 3.53. The molecule has 0 heterocycles. The molecule has 1 amide bonds. The Morgan fingerprint density at radius 2 is 2.11 bits per heavy atom. The second-order valence-corrected chi connectivity index (χ2v) is 6.47. The molecule has 0 saturated heterocycles. The smallest absolute Gasteiger partial charge is 0.229 e. The zero-order chi connectivity index (χ0) is 13.6. The summed E-state index contributed by atoms with van der Waals surface area (Å²) in [5.41, 5.74) is 6.34. The van der Waals surface area contributed by atoms with Crippen molar-refractivity contribution in [3.8, 4) is 0 Å². The second kappa shape index (κ2) is 4.87. The Bertz CT molecular complexity index is 520. The molecule has 2 saturated carbocycles. The SMILES string of the molecule is NC1C2CCC(C2)C1C(=O)Nc1ccc(Br)cc1F. The lowest BCUT2D eigenvalue weighted by molar-refractivity contribution is -0.121.